The van der Waals surface area contributed by atoms with E-state index in [1.54, 1.807) is 0 Å². The molecule has 0 heterocycles. The summed E-state index contributed by atoms with van der Waals surface area (Å²) in [7, 11) is 0. The lowest BCUT2D eigenvalue weighted by Crippen LogP contribution is -2.11. The van der Waals surface area contributed by atoms with Crippen LogP contribution in [0.1, 0.15) is 56.6 Å². The summed E-state index contributed by atoms with van der Waals surface area (Å²) in [6.45, 7) is 4.52. The summed E-state index contributed by atoms with van der Waals surface area (Å²) in [6, 6.07) is 5.84. The van der Waals surface area contributed by atoms with Crippen molar-refractivity contribution in [3.05, 3.63) is 29.3 Å². The Morgan fingerprint density at radius 2 is 1.95 bits per heavy atom. The fourth-order valence-electron chi connectivity index (χ4n) is 2.19. The Kier molecular flexibility index (Phi) is 8.23. The number of unbranched alkanes of at least 4 members (excludes halogenated alkanes) is 4. The first-order chi connectivity index (χ1) is 10.2. The standard InChI is InChI=1S/C18H26N2O/c1-3-4-5-6-7-10-18(21)20-17-13-15(2)12-16(14-17)9-8-11-19/h12-14H,3-7,10-11,19H2,1-2H3,(H,20,21). The molecule has 1 amide bonds. The molecule has 114 valence electrons. The van der Waals surface area contributed by atoms with E-state index in [4.69, 9.17) is 5.73 Å². The van der Waals surface area contributed by atoms with Gasteiger partial charge < -0.3 is 11.1 Å². The maximum absolute atomic E-state index is 11.9. The zero-order valence-electron chi connectivity index (χ0n) is 13.2. The van der Waals surface area contributed by atoms with Crippen molar-refractivity contribution in [2.75, 3.05) is 11.9 Å². The molecule has 0 unspecified atom stereocenters. The van der Waals surface area contributed by atoms with E-state index in [1.807, 2.05) is 25.1 Å². The van der Waals surface area contributed by atoms with E-state index >= 15 is 0 Å². The molecular formula is C18H26N2O. The molecule has 0 aliphatic heterocycles. The molecule has 0 aliphatic rings. The Balaban J connectivity index is 2.50. The number of benzene rings is 1. The minimum atomic E-state index is 0.0785. The summed E-state index contributed by atoms with van der Waals surface area (Å²) < 4.78 is 0. The minimum Gasteiger partial charge on any atom is -0.326 e. The summed E-state index contributed by atoms with van der Waals surface area (Å²) in [4.78, 5) is 11.9. The van der Waals surface area contributed by atoms with Crippen molar-refractivity contribution in [3.63, 3.8) is 0 Å². The summed E-state index contributed by atoms with van der Waals surface area (Å²) in [5.41, 5.74) is 8.16. The van der Waals surface area contributed by atoms with Gasteiger partial charge in [-0.3, -0.25) is 4.79 Å². The number of hydrogen-bond donors (Lipinski definition) is 2. The van der Waals surface area contributed by atoms with Gasteiger partial charge in [-0.05, 0) is 37.1 Å². The van der Waals surface area contributed by atoms with Gasteiger partial charge in [0.05, 0.1) is 6.54 Å². The molecule has 3 N–H and O–H groups in total. The van der Waals surface area contributed by atoms with Crippen LogP contribution in [0.5, 0.6) is 0 Å². The van der Waals surface area contributed by atoms with Crippen molar-refractivity contribution >= 4 is 11.6 Å². The van der Waals surface area contributed by atoms with Gasteiger partial charge in [-0.25, -0.2) is 0 Å². The highest BCUT2D eigenvalue weighted by molar-refractivity contribution is 5.90. The van der Waals surface area contributed by atoms with Gasteiger partial charge in [-0.1, -0.05) is 44.4 Å². The number of nitrogens with one attached hydrogen (secondary N) is 1. The van der Waals surface area contributed by atoms with Gasteiger partial charge in [-0.15, -0.1) is 0 Å². The topological polar surface area (TPSA) is 55.1 Å². The van der Waals surface area contributed by atoms with Crippen LogP contribution in [0.15, 0.2) is 18.2 Å². The van der Waals surface area contributed by atoms with Crippen molar-refractivity contribution in [3.8, 4) is 11.8 Å². The lowest BCUT2D eigenvalue weighted by atomic mass is 10.1. The Morgan fingerprint density at radius 3 is 2.67 bits per heavy atom. The van der Waals surface area contributed by atoms with Crippen LogP contribution >= 0.6 is 0 Å². The summed E-state index contributed by atoms with van der Waals surface area (Å²) >= 11 is 0. The van der Waals surface area contributed by atoms with Gasteiger partial charge in [0, 0.05) is 17.7 Å². The van der Waals surface area contributed by atoms with Gasteiger partial charge in [0.25, 0.3) is 0 Å². The monoisotopic (exact) mass is 286 g/mol. The molecular weight excluding hydrogens is 260 g/mol. The molecule has 0 fully saturated rings. The lowest BCUT2D eigenvalue weighted by Gasteiger charge is -2.07. The van der Waals surface area contributed by atoms with Crippen LogP contribution < -0.4 is 11.1 Å². The fraction of sp³-hybridized carbons (Fsp3) is 0.500. The Morgan fingerprint density at radius 1 is 1.19 bits per heavy atom. The van der Waals surface area contributed by atoms with Crippen LogP contribution in [0, 0.1) is 18.8 Å². The Labute approximate surface area is 128 Å². The molecule has 0 aliphatic carbocycles. The van der Waals surface area contributed by atoms with E-state index in [9.17, 15) is 4.79 Å². The van der Waals surface area contributed by atoms with E-state index in [-0.39, 0.29) is 5.91 Å². The first-order valence-corrected chi connectivity index (χ1v) is 7.76. The second kappa shape index (κ2) is 10.0. The molecule has 0 atom stereocenters. The first-order valence-electron chi connectivity index (χ1n) is 7.76. The van der Waals surface area contributed by atoms with Crippen LogP contribution in [0.4, 0.5) is 5.69 Å². The molecule has 1 rings (SSSR count). The van der Waals surface area contributed by atoms with E-state index in [0.29, 0.717) is 13.0 Å². The molecule has 1 aromatic rings. The SMILES string of the molecule is CCCCCCCC(=O)Nc1cc(C)cc(C#CCN)c1. The number of amides is 1. The molecule has 0 spiro atoms. The van der Waals surface area contributed by atoms with E-state index in [0.717, 1.165) is 29.7 Å². The van der Waals surface area contributed by atoms with Crippen molar-refractivity contribution in [2.24, 2.45) is 5.73 Å². The predicted molar refractivity (Wildman–Crippen MR) is 89.1 cm³/mol. The molecule has 21 heavy (non-hydrogen) atoms. The average Bonchev–Trinajstić information content (AvgIpc) is 2.44. The predicted octanol–water partition coefficient (Wildman–Crippen LogP) is 3.60. The number of carbonyl (C=O) groups is 1. The van der Waals surface area contributed by atoms with Crippen molar-refractivity contribution in [1.29, 1.82) is 0 Å². The summed E-state index contributed by atoms with van der Waals surface area (Å²) in [5, 5.41) is 2.95. The van der Waals surface area contributed by atoms with Crippen molar-refractivity contribution < 1.29 is 4.79 Å². The van der Waals surface area contributed by atoms with Crippen molar-refractivity contribution in [2.45, 2.75) is 52.4 Å². The zero-order chi connectivity index (χ0) is 15.5. The van der Waals surface area contributed by atoms with Crippen LogP contribution in [-0.4, -0.2) is 12.5 Å². The lowest BCUT2D eigenvalue weighted by molar-refractivity contribution is -0.116. The molecule has 0 bridgehead atoms. The number of aryl methyl sites for hydroxylation is 1. The third-order valence-corrected chi connectivity index (χ3v) is 3.20. The molecule has 0 aromatic heterocycles. The number of rotatable bonds is 7. The highest BCUT2D eigenvalue weighted by Crippen LogP contribution is 2.15. The first kappa shape index (κ1) is 17.3. The molecule has 0 radical (unpaired) electrons. The van der Waals surface area contributed by atoms with Crippen molar-refractivity contribution in [1.82, 2.24) is 0 Å². The quantitative estimate of drug-likeness (QED) is 0.594. The highest BCUT2D eigenvalue weighted by atomic mass is 16.1. The van der Waals surface area contributed by atoms with E-state index in [1.165, 1.54) is 19.3 Å². The average molecular weight is 286 g/mol. The largest absolute Gasteiger partial charge is 0.326 e. The molecule has 3 heteroatoms. The smallest absolute Gasteiger partial charge is 0.224 e. The van der Waals surface area contributed by atoms with Gasteiger partial charge >= 0.3 is 0 Å². The van der Waals surface area contributed by atoms with Gasteiger partial charge in [0.15, 0.2) is 0 Å². The Hall–Kier alpha value is -1.79. The van der Waals surface area contributed by atoms with E-state index in [2.05, 4.69) is 24.1 Å². The van der Waals surface area contributed by atoms with Crippen LogP contribution in [0.3, 0.4) is 0 Å². The minimum absolute atomic E-state index is 0.0785. The highest BCUT2D eigenvalue weighted by Gasteiger charge is 2.03. The third-order valence-electron chi connectivity index (χ3n) is 3.20. The maximum Gasteiger partial charge on any atom is 0.224 e. The number of hydrogen-bond acceptors (Lipinski definition) is 2. The molecule has 0 saturated carbocycles. The maximum atomic E-state index is 11.9. The second-order valence-corrected chi connectivity index (χ2v) is 5.31. The van der Waals surface area contributed by atoms with Crippen LogP contribution in [0.2, 0.25) is 0 Å². The van der Waals surface area contributed by atoms with Gasteiger partial charge in [0.1, 0.15) is 0 Å². The summed E-state index contributed by atoms with van der Waals surface area (Å²) in [5.74, 6) is 5.91. The zero-order valence-corrected chi connectivity index (χ0v) is 13.2. The van der Waals surface area contributed by atoms with Gasteiger partial charge in [-0.2, -0.15) is 0 Å². The number of nitrogens with two attached hydrogens (primary N) is 1. The van der Waals surface area contributed by atoms with Gasteiger partial charge in [0.2, 0.25) is 5.91 Å². The molecule has 3 nitrogen and oxygen atoms in total. The molecule has 1 aromatic carbocycles. The van der Waals surface area contributed by atoms with E-state index < -0.39 is 0 Å². The number of carbonyl (C=O) groups excluding carboxylic acids is 1. The summed E-state index contributed by atoms with van der Waals surface area (Å²) in [6.07, 6.45) is 6.36. The second-order valence-electron chi connectivity index (χ2n) is 5.31. The Bertz CT molecular complexity index is 512. The number of anilines is 1. The van der Waals surface area contributed by atoms with Crippen LogP contribution in [0.25, 0.3) is 0 Å². The fourth-order valence-corrected chi connectivity index (χ4v) is 2.19. The van der Waals surface area contributed by atoms with Crippen LogP contribution in [-0.2, 0) is 4.79 Å². The third kappa shape index (κ3) is 7.53. The molecule has 0 saturated heterocycles. The normalized spacial score (nSPS) is 9.86.